The Balaban J connectivity index is 1.35. The van der Waals surface area contributed by atoms with Crippen molar-refractivity contribution in [2.24, 2.45) is 5.92 Å². The molecule has 0 bridgehead atoms. The Kier molecular flexibility index (Phi) is 6.19. The molecule has 0 aliphatic carbocycles. The first kappa shape index (κ1) is 20.0. The van der Waals surface area contributed by atoms with Crippen LogP contribution < -0.4 is 0 Å². The van der Waals surface area contributed by atoms with E-state index in [0.717, 1.165) is 38.8 Å². The predicted octanol–water partition coefficient (Wildman–Crippen LogP) is 4.60. The minimum atomic E-state index is -0.0971. The number of piperidine rings is 2. The molecule has 1 unspecified atom stereocenters. The molecule has 0 radical (unpaired) electrons. The van der Waals surface area contributed by atoms with Gasteiger partial charge in [-0.1, -0.05) is 48.0 Å². The molecule has 0 N–H and O–H groups in total. The summed E-state index contributed by atoms with van der Waals surface area (Å²) in [5.41, 5.74) is 1.96. The Morgan fingerprint density at radius 1 is 0.862 bits per heavy atom. The van der Waals surface area contributed by atoms with Gasteiger partial charge in [-0.25, -0.2) is 0 Å². The highest BCUT2D eigenvalue weighted by Crippen LogP contribution is 2.29. The zero-order valence-electron chi connectivity index (χ0n) is 16.6. The number of hydrogen-bond acceptors (Lipinski definition) is 2. The van der Waals surface area contributed by atoms with Crippen molar-refractivity contribution in [3.63, 3.8) is 0 Å². The van der Waals surface area contributed by atoms with Gasteiger partial charge in [-0.15, -0.1) is 0 Å². The van der Waals surface area contributed by atoms with Gasteiger partial charge >= 0.3 is 0 Å². The van der Waals surface area contributed by atoms with Crippen LogP contribution in [0.3, 0.4) is 0 Å². The Morgan fingerprint density at radius 3 is 2.34 bits per heavy atom. The number of hydrogen-bond donors (Lipinski definition) is 0. The van der Waals surface area contributed by atoms with E-state index < -0.39 is 0 Å². The quantitative estimate of drug-likeness (QED) is 0.742. The van der Waals surface area contributed by atoms with Crippen LogP contribution in [0, 0.1) is 5.92 Å². The summed E-state index contributed by atoms with van der Waals surface area (Å²) < 4.78 is 0. The topological polar surface area (TPSA) is 40.6 Å². The molecular weight excluding hydrogens is 384 g/mol. The maximum Gasteiger partial charge on any atom is 0.253 e. The number of amides is 2. The van der Waals surface area contributed by atoms with E-state index in [-0.39, 0.29) is 17.7 Å². The van der Waals surface area contributed by atoms with Crippen molar-refractivity contribution in [1.82, 2.24) is 9.80 Å². The summed E-state index contributed by atoms with van der Waals surface area (Å²) in [6.45, 7) is 2.81. The van der Waals surface area contributed by atoms with Crippen LogP contribution >= 0.6 is 11.6 Å². The second-order valence-corrected chi connectivity index (χ2v) is 8.55. The summed E-state index contributed by atoms with van der Waals surface area (Å²) in [5.74, 6) is 0.612. The molecule has 0 aromatic heterocycles. The van der Waals surface area contributed by atoms with E-state index in [1.807, 2.05) is 15.9 Å². The van der Waals surface area contributed by atoms with Crippen molar-refractivity contribution in [2.45, 2.75) is 31.6 Å². The average Bonchev–Trinajstić information content (AvgIpc) is 2.79. The molecule has 2 aliphatic heterocycles. The lowest BCUT2D eigenvalue weighted by Gasteiger charge is -2.38. The van der Waals surface area contributed by atoms with Gasteiger partial charge in [0, 0.05) is 36.8 Å². The van der Waals surface area contributed by atoms with E-state index >= 15 is 0 Å². The first-order chi connectivity index (χ1) is 14.1. The molecule has 2 saturated heterocycles. The van der Waals surface area contributed by atoms with E-state index in [4.69, 9.17) is 11.6 Å². The summed E-state index contributed by atoms with van der Waals surface area (Å²) in [6, 6.07) is 17.6. The Labute approximate surface area is 177 Å². The SMILES string of the molecule is O=C(c1cccc(Cl)c1)N1CCCC(C(=O)N2CCC(c3ccccc3)CC2)C1. The fourth-order valence-corrected chi connectivity index (χ4v) is 4.77. The molecule has 4 rings (SSSR count). The largest absolute Gasteiger partial charge is 0.342 e. The van der Waals surface area contributed by atoms with E-state index in [9.17, 15) is 9.59 Å². The van der Waals surface area contributed by atoms with Crippen LogP contribution in [0.4, 0.5) is 0 Å². The van der Waals surface area contributed by atoms with Crippen LogP contribution in [-0.4, -0.2) is 47.8 Å². The summed E-state index contributed by atoms with van der Waals surface area (Å²) in [7, 11) is 0. The van der Waals surface area contributed by atoms with Gasteiger partial charge in [-0.3, -0.25) is 9.59 Å². The van der Waals surface area contributed by atoms with Crippen LogP contribution in [0.15, 0.2) is 54.6 Å². The normalized spacial score (nSPS) is 20.5. The van der Waals surface area contributed by atoms with Gasteiger partial charge in [0.15, 0.2) is 0 Å². The second-order valence-electron chi connectivity index (χ2n) is 8.11. The third-order valence-corrected chi connectivity index (χ3v) is 6.44. The highest BCUT2D eigenvalue weighted by molar-refractivity contribution is 6.30. The second kappa shape index (κ2) is 9.00. The molecule has 2 amide bonds. The number of carbonyl (C=O) groups is 2. The fourth-order valence-electron chi connectivity index (χ4n) is 4.58. The number of nitrogens with zero attached hydrogens (tertiary/aromatic N) is 2. The monoisotopic (exact) mass is 410 g/mol. The molecule has 2 aliphatic rings. The molecule has 2 fully saturated rings. The molecule has 1 atom stereocenters. The Morgan fingerprint density at radius 2 is 1.62 bits per heavy atom. The van der Waals surface area contributed by atoms with Crippen LogP contribution in [0.25, 0.3) is 0 Å². The number of likely N-dealkylation sites (tertiary alicyclic amines) is 2. The first-order valence-corrected chi connectivity index (χ1v) is 10.9. The van der Waals surface area contributed by atoms with E-state index in [1.54, 1.807) is 24.3 Å². The van der Waals surface area contributed by atoms with E-state index in [2.05, 4.69) is 24.3 Å². The molecule has 4 nitrogen and oxygen atoms in total. The van der Waals surface area contributed by atoms with Crippen molar-refractivity contribution < 1.29 is 9.59 Å². The van der Waals surface area contributed by atoms with E-state index in [1.165, 1.54) is 5.56 Å². The molecule has 152 valence electrons. The zero-order valence-corrected chi connectivity index (χ0v) is 17.4. The van der Waals surface area contributed by atoms with E-state index in [0.29, 0.717) is 29.6 Å². The highest BCUT2D eigenvalue weighted by atomic mass is 35.5. The van der Waals surface area contributed by atoms with Gasteiger partial charge in [0.1, 0.15) is 0 Å². The Bertz CT molecular complexity index is 862. The lowest BCUT2D eigenvalue weighted by Crippen LogP contribution is -2.48. The number of benzene rings is 2. The number of halogens is 1. The van der Waals surface area contributed by atoms with Gasteiger partial charge < -0.3 is 9.80 Å². The van der Waals surface area contributed by atoms with Crippen molar-refractivity contribution in [3.05, 3.63) is 70.7 Å². The molecule has 2 heterocycles. The average molecular weight is 411 g/mol. The third-order valence-electron chi connectivity index (χ3n) is 6.21. The predicted molar refractivity (Wildman–Crippen MR) is 115 cm³/mol. The first-order valence-electron chi connectivity index (χ1n) is 10.5. The summed E-state index contributed by atoms with van der Waals surface area (Å²) >= 11 is 6.03. The smallest absolute Gasteiger partial charge is 0.253 e. The van der Waals surface area contributed by atoms with Crippen molar-refractivity contribution in [2.75, 3.05) is 26.2 Å². The maximum atomic E-state index is 13.1. The van der Waals surface area contributed by atoms with Crippen molar-refractivity contribution in [3.8, 4) is 0 Å². The number of rotatable bonds is 3. The highest BCUT2D eigenvalue weighted by Gasteiger charge is 2.33. The van der Waals surface area contributed by atoms with Crippen molar-refractivity contribution >= 4 is 23.4 Å². The molecule has 0 spiro atoms. The standard InChI is InChI=1S/C24H27ClN2O2/c25-22-10-4-8-20(16-22)23(28)27-13-5-9-21(17-27)24(29)26-14-11-19(12-15-26)18-6-2-1-3-7-18/h1-4,6-8,10,16,19,21H,5,9,11-15,17H2. The molecule has 5 heteroatoms. The van der Waals surface area contributed by atoms with Crippen LogP contribution in [0.1, 0.15) is 47.5 Å². The van der Waals surface area contributed by atoms with Gasteiger partial charge in [-0.2, -0.15) is 0 Å². The molecule has 29 heavy (non-hydrogen) atoms. The minimum Gasteiger partial charge on any atom is -0.342 e. The van der Waals surface area contributed by atoms with Crippen molar-refractivity contribution in [1.29, 1.82) is 0 Å². The van der Waals surface area contributed by atoms with Gasteiger partial charge in [0.2, 0.25) is 5.91 Å². The van der Waals surface area contributed by atoms with Gasteiger partial charge in [0.25, 0.3) is 5.91 Å². The molecule has 0 saturated carbocycles. The van der Waals surface area contributed by atoms with Gasteiger partial charge in [0.05, 0.1) is 5.92 Å². The van der Waals surface area contributed by atoms with Crippen LogP contribution in [-0.2, 0) is 4.79 Å². The zero-order chi connectivity index (χ0) is 20.2. The fraction of sp³-hybridized carbons (Fsp3) is 0.417. The summed E-state index contributed by atoms with van der Waals surface area (Å²) in [5, 5.41) is 0.557. The minimum absolute atomic E-state index is 0.0345. The maximum absolute atomic E-state index is 13.1. The lowest BCUT2D eigenvalue weighted by atomic mass is 9.88. The third kappa shape index (κ3) is 4.64. The molecular formula is C24H27ClN2O2. The molecule has 2 aromatic carbocycles. The van der Waals surface area contributed by atoms with Crippen LogP contribution in [0.2, 0.25) is 5.02 Å². The lowest BCUT2D eigenvalue weighted by molar-refractivity contribution is -0.138. The Hall–Kier alpha value is -2.33. The number of carbonyl (C=O) groups excluding carboxylic acids is 2. The molecule has 2 aromatic rings. The van der Waals surface area contributed by atoms with Gasteiger partial charge in [-0.05, 0) is 55.4 Å². The van der Waals surface area contributed by atoms with Crippen LogP contribution in [0.5, 0.6) is 0 Å². The summed E-state index contributed by atoms with van der Waals surface area (Å²) in [6.07, 6.45) is 3.74. The summed E-state index contributed by atoms with van der Waals surface area (Å²) in [4.78, 5) is 29.8.